The van der Waals surface area contributed by atoms with Crippen LogP contribution in [-0.2, 0) is 6.54 Å². The first-order valence-electron chi connectivity index (χ1n) is 7.63. The van der Waals surface area contributed by atoms with Gasteiger partial charge in [0.05, 0.1) is 11.5 Å². The quantitative estimate of drug-likeness (QED) is 0.629. The SMILES string of the molecule is Cc1nc(CN2CCCN(c3ccccc3[N+](=O)[O-])CC2)no1. The molecule has 8 nitrogen and oxygen atoms in total. The average molecular weight is 317 g/mol. The van der Waals surface area contributed by atoms with E-state index in [1.54, 1.807) is 19.1 Å². The lowest BCUT2D eigenvalue weighted by molar-refractivity contribution is -0.384. The topological polar surface area (TPSA) is 88.5 Å². The molecule has 1 aliphatic rings. The van der Waals surface area contributed by atoms with Gasteiger partial charge in [0.25, 0.3) is 5.69 Å². The molecule has 1 aromatic heterocycles. The molecule has 0 unspecified atom stereocenters. The Bertz CT molecular complexity index is 687. The minimum Gasteiger partial charge on any atom is -0.365 e. The van der Waals surface area contributed by atoms with Crippen LogP contribution in [0.25, 0.3) is 0 Å². The molecule has 0 spiro atoms. The van der Waals surface area contributed by atoms with Crippen molar-refractivity contribution < 1.29 is 9.45 Å². The van der Waals surface area contributed by atoms with Crippen molar-refractivity contribution in [1.82, 2.24) is 15.0 Å². The van der Waals surface area contributed by atoms with E-state index in [0.29, 0.717) is 23.9 Å². The molecular weight excluding hydrogens is 298 g/mol. The molecule has 0 saturated carbocycles. The van der Waals surface area contributed by atoms with Gasteiger partial charge >= 0.3 is 0 Å². The van der Waals surface area contributed by atoms with Crippen LogP contribution >= 0.6 is 0 Å². The van der Waals surface area contributed by atoms with Gasteiger partial charge in [0.1, 0.15) is 5.69 Å². The van der Waals surface area contributed by atoms with Crippen molar-refractivity contribution in [3.8, 4) is 0 Å². The lowest BCUT2D eigenvalue weighted by atomic mass is 10.2. The molecule has 0 amide bonds. The smallest absolute Gasteiger partial charge is 0.292 e. The zero-order chi connectivity index (χ0) is 16.2. The molecule has 8 heteroatoms. The van der Waals surface area contributed by atoms with E-state index < -0.39 is 0 Å². The molecule has 1 aliphatic heterocycles. The van der Waals surface area contributed by atoms with E-state index >= 15 is 0 Å². The molecule has 2 heterocycles. The maximum absolute atomic E-state index is 11.2. The van der Waals surface area contributed by atoms with Crippen molar-refractivity contribution in [2.24, 2.45) is 0 Å². The summed E-state index contributed by atoms with van der Waals surface area (Å²) in [6.45, 7) is 5.66. The minimum atomic E-state index is -0.319. The highest BCUT2D eigenvalue weighted by Gasteiger charge is 2.22. The Morgan fingerprint density at radius 3 is 2.83 bits per heavy atom. The Hall–Kier alpha value is -2.48. The van der Waals surface area contributed by atoms with Crippen LogP contribution in [0.3, 0.4) is 0 Å². The van der Waals surface area contributed by atoms with Crippen LogP contribution in [0.1, 0.15) is 18.1 Å². The Balaban J connectivity index is 1.68. The normalized spacial score (nSPS) is 16.3. The number of hydrogen-bond acceptors (Lipinski definition) is 7. The summed E-state index contributed by atoms with van der Waals surface area (Å²) < 4.78 is 5.00. The highest BCUT2D eigenvalue weighted by molar-refractivity contribution is 5.63. The Labute approximate surface area is 133 Å². The van der Waals surface area contributed by atoms with Crippen LogP contribution in [0.15, 0.2) is 28.8 Å². The number of para-hydroxylation sites is 2. The van der Waals surface area contributed by atoms with Gasteiger partial charge in [-0.25, -0.2) is 0 Å². The Morgan fingerprint density at radius 2 is 2.09 bits per heavy atom. The van der Waals surface area contributed by atoms with Gasteiger partial charge in [-0.2, -0.15) is 4.98 Å². The number of benzene rings is 1. The van der Waals surface area contributed by atoms with Crippen molar-refractivity contribution in [2.45, 2.75) is 19.9 Å². The molecule has 0 N–H and O–H groups in total. The van der Waals surface area contributed by atoms with Gasteiger partial charge in [0, 0.05) is 39.2 Å². The Kier molecular flexibility index (Phi) is 4.52. The second kappa shape index (κ2) is 6.74. The fraction of sp³-hybridized carbons (Fsp3) is 0.467. The fourth-order valence-electron chi connectivity index (χ4n) is 2.86. The summed E-state index contributed by atoms with van der Waals surface area (Å²) in [7, 11) is 0. The largest absolute Gasteiger partial charge is 0.365 e. The van der Waals surface area contributed by atoms with Crippen LogP contribution in [0.4, 0.5) is 11.4 Å². The van der Waals surface area contributed by atoms with E-state index in [1.165, 1.54) is 0 Å². The highest BCUT2D eigenvalue weighted by atomic mass is 16.6. The number of anilines is 1. The first kappa shape index (κ1) is 15.4. The molecule has 23 heavy (non-hydrogen) atoms. The summed E-state index contributed by atoms with van der Waals surface area (Å²) in [6.07, 6.45) is 0.933. The lowest BCUT2D eigenvalue weighted by Crippen LogP contribution is -2.31. The number of hydrogen-bond donors (Lipinski definition) is 0. The predicted octanol–water partition coefficient (Wildman–Crippen LogP) is 2.00. The van der Waals surface area contributed by atoms with E-state index in [2.05, 4.69) is 19.9 Å². The standard InChI is InChI=1S/C15H19N5O3/c1-12-16-15(17-23-12)11-18-7-4-8-19(10-9-18)13-5-2-3-6-14(13)20(21)22/h2-3,5-6H,4,7-11H2,1H3. The van der Waals surface area contributed by atoms with Crippen LogP contribution in [0.2, 0.25) is 0 Å². The summed E-state index contributed by atoms with van der Waals surface area (Å²) in [5, 5.41) is 15.1. The molecule has 1 saturated heterocycles. The van der Waals surface area contributed by atoms with Crippen LogP contribution in [0.5, 0.6) is 0 Å². The van der Waals surface area contributed by atoms with Gasteiger partial charge in [-0.3, -0.25) is 15.0 Å². The van der Waals surface area contributed by atoms with Gasteiger partial charge < -0.3 is 9.42 Å². The van der Waals surface area contributed by atoms with Gasteiger partial charge in [0.2, 0.25) is 5.89 Å². The summed E-state index contributed by atoms with van der Waals surface area (Å²) in [6, 6.07) is 6.91. The summed E-state index contributed by atoms with van der Waals surface area (Å²) in [5.74, 6) is 1.25. The van der Waals surface area contributed by atoms with Gasteiger partial charge in [-0.1, -0.05) is 17.3 Å². The molecule has 122 valence electrons. The number of aromatic nitrogens is 2. The number of nitro groups is 1. The summed E-state index contributed by atoms with van der Waals surface area (Å²) >= 11 is 0. The lowest BCUT2D eigenvalue weighted by Gasteiger charge is -2.22. The maximum Gasteiger partial charge on any atom is 0.292 e. The molecule has 3 rings (SSSR count). The van der Waals surface area contributed by atoms with E-state index in [-0.39, 0.29) is 10.6 Å². The predicted molar refractivity (Wildman–Crippen MR) is 84.2 cm³/mol. The van der Waals surface area contributed by atoms with Crippen LogP contribution in [-0.4, -0.2) is 46.1 Å². The summed E-state index contributed by atoms with van der Waals surface area (Å²) in [4.78, 5) is 19.4. The zero-order valence-corrected chi connectivity index (χ0v) is 13.0. The third-order valence-electron chi connectivity index (χ3n) is 3.94. The fourth-order valence-corrected chi connectivity index (χ4v) is 2.86. The van der Waals surface area contributed by atoms with Crippen molar-refractivity contribution in [2.75, 3.05) is 31.1 Å². The monoisotopic (exact) mass is 317 g/mol. The first-order valence-corrected chi connectivity index (χ1v) is 7.63. The van der Waals surface area contributed by atoms with Crippen molar-refractivity contribution in [3.63, 3.8) is 0 Å². The molecule has 2 aromatic rings. The molecule has 1 aromatic carbocycles. The maximum atomic E-state index is 11.2. The second-order valence-corrected chi connectivity index (χ2v) is 5.59. The van der Waals surface area contributed by atoms with Gasteiger partial charge in [-0.15, -0.1) is 0 Å². The molecule has 0 atom stereocenters. The number of aryl methyl sites for hydroxylation is 1. The molecule has 0 bridgehead atoms. The average Bonchev–Trinajstić information content (AvgIpc) is 2.81. The highest BCUT2D eigenvalue weighted by Crippen LogP contribution is 2.28. The zero-order valence-electron chi connectivity index (χ0n) is 13.0. The van der Waals surface area contributed by atoms with Crippen molar-refractivity contribution in [3.05, 3.63) is 46.1 Å². The van der Waals surface area contributed by atoms with Crippen LogP contribution in [0, 0.1) is 17.0 Å². The van der Waals surface area contributed by atoms with Crippen molar-refractivity contribution >= 4 is 11.4 Å². The molecular formula is C15H19N5O3. The molecule has 1 fully saturated rings. The number of nitro benzene ring substituents is 1. The van der Waals surface area contributed by atoms with E-state index in [1.807, 2.05) is 12.1 Å². The molecule has 0 radical (unpaired) electrons. The number of rotatable bonds is 4. The van der Waals surface area contributed by atoms with Crippen LogP contribution < -0.4 is 4.90 Å². The second-order valence-electron chi connectivity index (χ2n) is 5.59. The first-order chi connectivity index (χ1) is 11.1. The number of nitrogens with zero attached hydrogens (tertiary/aromatic N) is 5. The van der Waals surface area contributed by atoms with Gasteiger partial charge in [-0.05, 0) is 12.5 Å². The minimum absolute atomic E-state index is 0.162. The van der Waals surface area contributed by atoms with Crippen molar-refractivity contribution in [1.29, 1.82) is 0 Å². The Morgan fingerprint density at radius 1 is 1.26 bits per heavy atom. The van der Waals surface area contributed by atoms with Gasteiger partial charge in [0.15, 0.2) is 5.82 Å². The third kappa shape index (κ3) is 3.65. The molecule has 0 aliphatic carbocycles. The summed E-state index contributed by atoms with van der Waals surface area (Å²) in [5.41, 5.74) is 0.851. The third-order valence-corrected chi connectivity index (χ3v) is 3.94. The van der Waals surface area contributed by atoms with E-state index in [4.69, 9.17) is 4.52 Å². The van der Waals surface area contributed by atoms with E-state index in [0.717, 1.165) is 32.6 Å². The van der Waals surface area contributed by atoms with E-state index in [9.17, 15) is 10.1 Å².